The highest BCUT2D eigenvalue weighted by Crippen LogP contribution is 2.34. The molecule has 29 heavy (non-hydrogen) atoms. The molecular weight excluding hydrogens is 370 g/mol. The number of carbonyl (C=O) groups is 1. The highest BCUT2D eigenvalue weighted by Gasteiger charge is 2.22. The van der Waals surface area contributed by atoms with Crippen LogP contribution in [0.25, 0.3) is 0 Å². The van der Waals surface area contributed by atoms with Crippen molar-refractivity contribution in [2.45, 2.75) is 31.9 Å². The number of carbonyl (C=O) groups excluding carboxylic acids is 1. The number of anilines is 1. The largest absolute Gasteiger partial charge is 0.493 e. The number of amides is 1. The number of nitrogens with one attached hydrogen (secondary N) is 1. The van der Waals surface area contributed by atoms with Crippen LogP contribution in [0.3, 0.4) is 0 Å². The van der Waals surface area contributed by atoms with E-state index in [1.807, 2.05) is 18.2 Å². The highest BCUT2D eigenvalue weighted by molar-refractivity contribution is 5.94. The average molecular weight is 397 g/mol. The number of nitrogens with zero attached hydrogens (tertiary/aromatic N) is 2. The van der Waals surface area contributed by atoms with Crippen molar-refractivity contribution in [3.63, 3.8) is 0 Å². The summed E-state index contributed by atoms with van der Waals surface area (Å²) in [4.78, 5) is 19.2. The summed E-state index contributed by atoms with van der Waals surface area (Å²) in [6.07, 6.45) is 4.77. The summed E-state index contributed by atoms with van der Waals surface area (Å²) >= 11 is 0. The number of pyridine rings is 1. The highest BCUT2D eigenvalue weighted by atomic mass is 16.5. The smallest absolute Gasteiger partial charge is 0.251 e. The quantitative estimate of drug-likeness (QED) is 0.808. The number of methoxy groups -OCH3 is 2. The molecule has 4 rings (SSSR count). The molecule has 0 saturated carbocycles. The zero-order chi connectivity index (χ0) is 20.2. The van der Waals surface area contributed by atoms with Crippen molar-refractivity contribution < 1.29 is 19.0 Å². The SMILES string of the molecule is COc1cc2c(cc1OC)CN(c1cc(C(=O)NCC3CCCO3)ccn1)CC2. The average Bonchev–Trinajstić information content (AvgIpc) is 3.29. The number of hydrogen-bond donors (Lipinski definition) is 1. The molecule has 0 bridgehead atoms. The molecular formula is C22H27N3O4. The van der Waals surface area contributed by atoms with Crippen molar-refractivity contribution in [3.8, 4) is 11.5 Å². The van der Waals surface area contributed by atoms with E-state index in [1.54, 1.807) is 26.5 Å². The van der Waals surface area contributed by atoms with E-state index in [0.717, 1.165) is 49.7 Å². The number of ether oxygens (including phenoxy) is 3. The van der Waals surface area contributed by atoms with Gasteiger partial charge < -0.3 is 24.4 Å². The number of hydrogen-bond acceptors (Lipinski definition) is 6. The van der Waals surface area contributed by atoms with Gasteiger partial charge in [0.15, 0.2) is 11.5 Å². The Bertz CT molecular complexity index is 880. The second-order valence-corrected chi connectivity index (χ2v) is 7.40. The lowest BCUT2D eigenvalue weighted by atomic mass is 9.98. The fraction of sp³-hybridized carbons (Fsp3) is 0.455. The molecule has 2 aliphatic rings. The van der Waals surface area contributed by atoms with E-state index in [9.17, 15) is 4.79 Å². The van der Waals surface area contributed by atoms with E-state index in [0.29, 0.717) is 18.7 Å². The predicted octanol–water partition coefficient (Wildman–Crippen LogP) is 2.57. The summed E-state index contributed by atoms with van der Waals surface area (Å²) in [5.41, 5.74) is 3.06. The van der Waals surface area contributed by atoms with Gasteiger partial charge in [-0.1, -0.05) is 0 Å². The molecule has 154 valence electrons. The third kappa shape index (κ3) is 4.29. The molecule has 0 aliphatic carbocycles. The molecule has 2 aliphatic heterocycles. The molecule has 7 heteroatoms. The van der Waals surface area contributed by atoms with Crippen LogP contribution in [0.2, 0.25) is 0 Å². The van der Waals surface area contributed by atoms with Gasteiger partial charge in [0, 0.05) is 38.0 Å². The van der Waals surface area contributed by atoms with Crippen molar-refractivity contribution in [1.82, 2.24) is 10.3 Å². The van der Waals surface area contributed by atoms with E-state index < -0.39 is 0 Å². The van der Waals surface area contributed by atoms with E-state index in [-0.39, 0.29) is 12.0 Å². The molecule has 1 N–H and O–H groups in total. The topological polar surface area (TPSA) is 72.9 Å². The standard InChI is InChI=1S/C22H27N3O4/c1-27-19-10-15-6-8-25(14-17(15)11-20(19)28-2)21-12-16(5-7-23-21)22(26)24-13-18-4-3-9-29-18/h5,7,10-12,18H,3-4,6,8-9,13-14H2,1-2H3,(H,24,26). The monoisotopic (exact) mass is 397 g/mol. The Morgan fingerprint density at radius 3 is 2.76 bits per heavy atom. The molecule has 1 fully saturated rings. The van der Waals surface area contributed by atoms with Crippen LogP contribution in [-0.2, 0) is 17.7 Å². The van der Waals surface area contributed by atoms with Crippen LogP contribution in [0.1, 0.15) is 34.3 Å². The van der Waals surface area contributed by atoms with Crippen LogP contribution in [0.5, 0.6) is 11.5 Å². The van der Waals surface area contributed by atoms with Crippen molar-refractivity contribution in [1.29, 1.82) is 0 Å². The van der Waals surface area contributed by atoms with E-state index in [1.165, 1.54) is 11.1 Å². The molecule has 1 aromatic carbocycles. The van der Waals surface area contributed by atoms with Gasteiger partial charge in [-0.2, -0.15) is 0 Å². The summed E-state index contributed by atoms with van der Waals surface area (Å²) in [7, 11) is 3.30. The maximum absolute atomic E-state index is 12.5. The Balaban J connectivity index is 1.46. The molecule has 0 spiro atoms. The Morgan fingerprint density at radius 2 is 2.03 bits per heavy atom. The third-order valence-electron chi connectivity index (χ3n) is 5.56. The van der Waals surface area contributed by atoms with Gasteiger partial charge in [0.1, 0.15) is 5.82 Å². The summed E-state index contributed by atoms with van der Waals surface area (Å²) in [5, 5.41) is 2.97. The lowest BCUT2D eigenvalue weighted by molar-refractivity contribution is 0.0857. The van der Waals surface area contributed by atoms with Gasteiger partial charge in [0.05, 0.1) is 20.3 Å². The summed E-state index contributed by atoms with van der Waals surface area (Å²) in [6, 6.07) is 7.68. The Morgan fingerprint density at radius 1 is 1.24 bits per heavy atom. The first-order valence-electron chi connectivity index (χ1n) is 10.0. The first-order chi connectivity index (χ1) is 14.2. The van der Waals surface area contributed by atoms with Gasteiger partial charge in [-0.15, -0.1) is 0 Å². The van der Waals surface area contributed by atoms with Crippen LogP contribution < -0.4 is 19.7 Å². The van der Waals surface area contributed by atoms with Crippen LogP contribution in [0, 0.1) is 0 Å². The van der Waals surface area contributed by atoms with Gasteiger partial charge in [0.2, 0.25) is 0 Å². The molecule has 1 saturated heterocycles. The van der Waals surface area contributed by atoms with Crippen LogP contribution in [0.15, 0.2) is 30.5 Å². The fourth-order valence-electron chi connectivity index (χ4n) is 3.93. The summed E-state index contributed by atoms with van der Waals surface area (Å²) in [5.74, 6) is 2.19. The maximum atomic E-state index is 12.5. The molecule has 3 heterocycles. The van der Waals surface area contributed by atoms with E-state index in [2.05, 4.69) is 15.2 Å². The zero-order valence-corrected chi connectivity index (χ0v) is 16.9. The van der Waals surface area contributed by atoms with Crippen LogP contribution in [-0.4, -0.2) is 50.9 Å². The molecule has 7 nitrogen and oxygen atoms in total. The van der Waals surface area contributed by atoms with Gasteiger partial charge in [-0.25, -0.2) is 4.98 Å². The van der Waals surface area contributed by atoms with Gasteiger partial charge in [-0.3, -0.25) is 4.79 Å². The van der Waals surface area contributed by atoms with Crippen molar-refractivity contribution in [3.05, 3.63) is 47.2 Å². The van der Waals surface area contributed by atoms with E-state index in [4.69, 9.17) is 14.2 Å². The molecule has 0 radical (unpaired) electrons. The minimum absolute atomic E-state index is 0.0898. The lowest BCUT2D eigenvalue weighted by Crippen LogP contribution is -2.33. The predicted molar refractivity (Wildman–Crippen MR) is 110 cm³/mol. The van der Waals surface area contributed by atoms with Crippen molar-refractivity contribution >= 4 is 11.7 Å². The Kier molecular flexibility index (Phi) is 5.85. The second kappa shape index (κ2) is 8.69. The summed E-state index contributed by atoms with van der Waals surface area (Å²) < 4.78 is 16.4. The molecule has 2 aromatic rings. The van der Waals surface area contributed by atoms with E-state index >= 15 is 0 Å². The molecule has 1 unspecified atom stereocenters. The first kappa shape index (κ1) is 19.5. The molecule has 1 atom stereocenters. The number of rotatable bonds is 6. The zero-order valence-electron chi connectivity index (χ0n) is 16.9. The van der Waals surface area contributed by atoms with Crippen LogP contribution in [0.4, 0.5) is 5.82 Å². The van der Waals surface area contributed by atoms with Crippen molar-refractivity contribution in [2.24, 2.45) is 0 Å². The Hall–Kier alpha value is -2.80. The normalized spacial score (nSPS) is 18.3. The first-order valence-corrected chi connectivity index (χ1v) is 10.0. The van der Waals surface area contributed by atoms with Gasteiger partial charge in [-0.05, 0) is 54.7 Å². The van der Waals surface area contributed by atoms with Gasteiger partial charge >= 0.3 is 0 Å². The van der Waals surface area contributed by atoms with Gasteiger partial charge in [0.25, 0.3) is 5.91 Å². The number of aromatic nitrogens is 1. The number of fused-ring (bicyclic) bond motifs is 1. The third-order valence-corrected chi connectivity index (χ3v) is 5.56. The minimum Gasteiger partial charge on any atom is -0.493 e. The fourth-order valence-corrected chi connectivity index (χ4v) is 3.93. The minimum atomic E-state index is -0.0898. The summed E-state index contributed by atoms with van der Waals surface area (Å²) in [6.45, 7) is 2.88. The Labute approximate surface area is 171 Å². The maximum Gasteiger partial charge on any atom is 0.251 e. The van der Waals surface area contributed by atoms with Crippen molar-refractivity contribution in [2.75, 3.05) is 38.8 Å². The second-order valence-electron chi connectivity index (χ2n) is 7.40. The lowest BCUT2D eigenvalue weighted by Gasteiger charge is -2.30. The molecule has 1 aromatic heterocycles. The molecule has 1 amide bonds. The van der Waals surface area contributed by atoms with Crippen LogP contribution >= 0.6 is 0 Å². The number of benzene rings is 1.